The van der Waals surface area contributed by atoms with E-state index in [1.807, 2.05) is 6.92 Å². The Hall–Kier alpha value is -0.860. The summed E-state index contributed by atoms with van der Waals surface area (Å²) in [6.45, 7) is 6.21. The van der Waals surface area contributed by atoms with Crippen LogP contribution >= 0.6 is 0 Å². The van der Waals surface area contributed by atoms with E-state index in [0.29, 0.717) is 6.42 Å². The standard InChI is InChI=1S/C12H24N2O/c1-4-6-7-8-10-12(15)14-13-11(3)9-5-2/h4-10H2,1-3H3,(H,14,15). The molecule has 0 saturated heterocycles. The van der Waals surface area contributed by atoms with Crippen LogP contribution in [0.2, 0.25) is 0 Å². The normalized spacial score (nSPS) is 11.5. The fourth-order valence-corrected chi connectivity index (χ4v) is 1.34. The minimum absolute atomic E-state index is 0.0431. The van der Waals surface area contributed by atoms with Gasteiger partial charge in [0.25, 0.3) is 0 Å². The molecule has 0 aromatic rings. The lowest BCUT2D eigenvalue weighted by Crippen LogP contribution is -2.18. The first-order valence-electron chi connectivity index (χ1n) is 6.02. The molecular weight excluding hydrogens is 188 g/mol. The number of unbranched alkanes of at least 4 members (excludes halogenated alkanes) is 3. The van der Waals surface area contributed by atoms with Crippen LogP contribution in [-0.4, -0.2) is 11.6 Å². The van der Waals surface area contributed by atoms with E-state index < -0.39 is 0 Å². The van der Waals surface area contributed by atoms with Crippen molar-refractivity contribution in [3.8, 4) is 0 Å². The molecule has 88 valence electrons. The molecule has 3 nitrogen and oxygen atoms in total. The van der Waals surface area contributed by atoms with Gasteiger partial charge in [-0.25, -0.2) is 5.43 Å². The summed E-state index contributed by atoms with van der Waals surface area (Å²) in [5, 5.41) is 4.03. The summed E-state index contributed by atoms with van der Waals surface area (Å²) in [6.07, 6.45) is 7.16. The number of nitrogens with one attached hydrogen (secondary N) is 1. The second-order valence-corrected chi connectivity index (χ2v) is 3.94. The maximum absolute atomic E-state index is 11.3. The van der Waals surface area contributed by atoms with Gasteiger partial charge in [-0.3, -0.25) is 4.79 Å². The van der Waals surface area contributed by atoms with Crippen molar-refractivity contribution in [2.45, 2.75) is 65.7 Å². The fraction of sp³-hybridized carbons (Fsp3) is 0.833. The molecule has 0 rings (SSSR count). The van der Waals surface area contributed by atoms with Gasteiger partial charge in [-0.2, -0.15) is 5.10 Å². The molecule has 0 spiro atoms. The maximum Gasteiger partial charge on any atom is 0.240 e. The summed E-state index contributed by atoms with van der Waals surface area (Å²) in [7, 11) is 0. The van der Waals surface area contributed by atoms with Crippen molar-refractivity contribution in [1.82, 2.24) is 5.43 Å². The lowest BCUT2D eigenvalue weighted by atomic mass is 10.1. The van der Waals surface area contributed by atoms with Crippen molar-refractivity contribution < 1.29 is 4.79 Å². The highest BCUT2D eigenvalue weighted by molar-refractivity contribution is 5.84. The summed E-state index contributed by atoms with van der Waals surface area (Å²) in [5.41, 5.74) is 3.59. The van der Waals surface area contributed by atoms with Gasteiger partial charge >= 0.3 is 0 Å². The smallest absolute Gasteiger partial charge is 0.240 e. The van der Waals surface area contributed by atoms with Crippen LogP contribution in [0.25, 0.3) is 0 Å². The van der Waals surface area contributed by atoms with E-state index in [-0.39, 0.29) is 5.91 Å². The minimum Gasteiger partial charge on any atom is -0.273 e. The molecule has 0 atom stereocenters. The zero-order valence-corrected chi connectivity index (χ0v) is 10.3. The summed E-state index contributed by atoms with van der Waals surface area (Å²) >= 11 is 0. The number of hydrogen-bond donors (Lipinski definition) is 1. The van der Waals surface area contributed by atoms with Crippen molar-refractivity contribution in [2.24, 2.45) is 5.10 Å². The monoisotopic (exact) mass is 212 g/mol. The molecule has 0 radical (unpaired) electrons. The number of rotatable bonds is 8. The van der Waals surface area contributed by atoms with E-state index >= 15 is 0 Å². The first-order valence-corrected chi connectivity index (χ1v) is 6.02. The van der Waals surface area contributed by atoms with Crippen LogP contribution in [0, 0.1) is 0 Å². The second kappa shape index (κ2) is 9.69. The van der Waals surface area contributed by atoms with Gasteiger partial charge in [-0.1, -0.05) is 39.5 Å². The van der Waals surface area contributed by atoms with Crippen LogP contribution in [0.15, 0.2) is 5.10 Å². The number of hydrazone groups is 1. The molecule has 15 heavy (non-hydrogen) atoms. The molecule has 1 N–H and O–H groups in total. The van der Waals surface area contributed by atoms with Crippen LogP contribution in [0.1, 0.15) is 65.7 Å². The van der Waals surface area contributed by atoms with Gasteiger partial charge < -0.3 is 0 Å². The van der Waals surface area contributed by atoms with Gasteiger partial charge in [0.15, 0.2) is 0 Å². The molecule has 0 aliphatic rings. The Bertz CT molecular complexity index is 200. The van der Waals surface area contributed by atoms with Gasteiger partial charge in [0.2, 0.25) is 5.91 Å². The van der Waals surface area contributed by atoms with E-state index in [0.717, 1.165) is 31.4 Å². The Kier molecular flexibility index (Phi) is 9.13. The topological polar surface area (TPSA) is 41.5 Å². The molecule has 0 fully saturated rings. The number of amides is 1. The third-order valence-corrected chi connectivity index (χ3v) is 2.24. The van der Waals surface area contributed by atoms with Gasteiger partial charge in [0, 0.05) is 12.1 Å². The Morgan fingerprint density at radius 1 is 1.07 bits per heavy atom. The van der Waals surface area contributed by atoms with Crippen LogP contribution in [0.5, 0.6) is 0 Å². The average Bonchev–Trinajstić information content (AvgIpc) is 2.22. The Morgan fingerprint density at radius 2 is 1.80 bits per heavy atom. The fourth-order valence-electron chi connectivity index (χ4n) is 1.34. The molecule has 0 unspecified atom stereocenters. The van der Waals surface area contributed by atoms with Crippen LogP contribution < -0.4 is 5.43 Å². The van der Waals surface area contributed by atoms with Crippen molar-refractivity contribution in [3.05, 3.63) is 0 Å². The average molecular weight is 212 g/mol. The summed E-state index contributed by atoms with van der Waals surface area (Å²) in [6, 6.07) is 0. The maximum atomic E-state index is 11.3. The molecular formula is C12H24N2O. The third kappa shape index (κ3) is 9.44. The van der Waals surface area contributed by atoms with E-state index in [1.165, 1.54) is 12.8 Å². The zero-order valence-electron chi connectivity index (χ0n) is 10.3. The number of hydrogen-bond acceptors (Lipinski definition) is 2. The minimum atomic E-state index is 0.0431. The molecule has 0 heterocycles. The molecule has 0 aliphatic heterocycles. The summed E-state index contributed by atoms with van der Waals surface area (Å²) in [4.78, 5) is 11.3. The number of nitrogens with zero attached hydrogens (tertiary/aromatic N) is 1. The van der Waals surface area contributed by atoms with Crippen molar-refractivity contribution in [2.75, 3.05) is 0 Å². The third-order valence-electron chi connectivity index (χ3n) is 2.24. The largest absolute Gasteiger partial charge is 0.273 e. The second-order valence-electron chi connectivity index (χ2n) is 3.94. The Labute approximate surface area is 93.3 Å². The highest BCUT2D eigenvalue weighted by atomic mass is 16.2. The molecule has 3 heteroatoms. The van der Waals surface area contributed by atoms with Gasteiger partial charge in [0.05, 0.1) is 0 Å². The van der Waals surface area contributed by atoms with Crippen molar-refractivity contribution in [1.29, 1.82) is 0 Å². The first-order chi connectivity index (χ1) is 7.20. The SMILES string of the molecule is CCCCCCC(=O)NN=C(C)CCC. The molecule has 1 amide bonds. The zero-order chi connectivity index (χ0) is 11.5. The quantitative estimate of drug-likeness (QED) is 0.374. The van der Waals surface area contributed by atoms with Gasteiger partial charge in [-0.15, -0.1) is 0 Å². The summed E-state index contributed by atoms with van der Waals surface area (Å²) in [5.74, 6) is 0.0431. The van der Waals surface area contributed by atoms with Crippen LogP contribution in [-0.2, 0) is 4.79 Å². The molecule has 0 aromatic heterocycles. The lowest BCUT2D eigenvalue weighted by molar-refractivity contribution is -0.121. The van der Waals surface area contributed by atoms with Crippen molar-refractivity contribution >= 4 is 11.6 Å². The van der Waals surface area contributed by atoms with Crippen LogP contribution in [0.4, 0.5) is 0 Å². The number of carbonyl (C=O) groups excluding carboxylic acids is 1. The highest BCUT2D eigenvalue weighted by Crippen LogP contribution is 2.01. The summed E-state index contributed by atoms with van der Waals surface area (Å²) < 4.78 is 0. The van der Waals surface area contributed by atoms with Gasteiger partial charge in [-0.05, 0) is 19.8 Å². The van der Waals surface area contributed by atoms with E-state index in [2.05, 4.69) is 24.4 Å². The van der Waals surface area contributed by atoms with Gasteiger partial charge in [0.1, 0.15) is 0 Å². The van der Waals surface area contributed by atoms with Crippen LogP contribution in [0.3, 0.4) is 0 Å². The van der Waals surface area contributed by atoms with E-state index in [9.17, 15) is 4.79 Å². The lowest BCUT2D eigenvalue weighted by Gasteiger charge is -2.01. The first kappa shape index (κ1) is 14.1. The van der Waals surface area contributed by atoms with E-state index in [4.69, 9.17) is 0 Å². The molecule has 0 bridgehead atoms. The number of carbonyl (C=O) groups is 1. The predicted octanol–water partition coefficient (Wildman–Crippen LogP) is 3.25. The molecule has 0 aromatic carbocycles. The molecule has 0 aliphatic carbocycles. The Balaban J connectivity index is 3.52. The highest BCUT2D eigenvalue weighted by Gasteiger charge is 1.99. The predicted molar refractivity (Wildman–Crippen MR) is 64.9 cm³/mol. The van der Waals surface area contributed by atoms with E-state index in [1.54, 1.807) is 0 Å². The van der Waals surface area contributed by atoms with Crippen molar-refractivity contribution in [3.63, 3.8) is 0 Å². The molecule has 0 saturated carbocycles. The Morgan fingerprint density at radius 3 is 2.40 bits per heavy atom.